The van der Waals surface area contributed by atoms with E-state index in [4.69, 9.17) is 9.72 Å². The van der Waals surface area contributed by atoms with Gasteiger partial charge in [0.2, 0.25) is 0 Å². The van der Waals surface area contributed by atoms with Crippen LogP contribution < -0.4 is 4.74 Å². The lowest BCUT2D eigenvalue weighted by molar-refractivity contribution is 0.476. The van der Waals surface area contributed by atoms with E-state index in [9.17, 15) is 0 Å². The molecule has 6 rings (SSSR count). The van der Waals surface area contributed by atoms with Gasteiger partial charge in [-0.1, -0.05) is 54.6 Å². The molecule has 3 nitrogen and oxygen atoms in total. The van der Waals surface area contributed by atoms with Crippen LogP contribution in [0.3, 0.4) is 0 Å². The maximum absolute atomic E-state index is 6.11. The first kappa shape index (κ1) is 13.7. The second-order valence-electron chi connectivity index (χ2n) is 6.53. The lowest BCUT2D eigenvalue weighted by Crippen LogP contribution is -2.05. The van der Waals surface area contributed by atoms with Gasteiger partial charge in [0.15, 0.2) is 11.5 Å². The van der Waals surface area contributed by atoms with Gasteiger partial charge in [-0.15, -0.1) is 0 Å². The van der Waals surface area contributed by atoms with Crippen LogP contribution in [0.25, 0.3) is 38.9 Å². The van der Waals surface area contributed by atoms with Gasteiger partial charge in [-0.2, -0.15) is 0 Å². The number of benzene rings is 4. The van der Waals surface area contributed by atoms with E-state index in [0.717, 1.165) is 39.6 Å². The number of para-hydroxylation sites is 3. The molecule has 122 valence electrons. The summed E-state index contributed by atoms with van der Waals surface area (Å²) < 4.78 is 8.32. The van der Waals surface area contributed by atoms with E-state index >= 15 is 0 Å². The quantitative estimate of drug-likeness (QED) is 0.371. The normalized spacial score (nSPS) is 12.2. The molecule has 0 saturated carbocycles. The molecule has 0 amide bonds. The minimum Gasteiger partial charge on any atom is -0.453 e. The Bertz CT molecular complexity index is 1320. The van der Waals surface area contributed by atoms with Crippen LogP contribution in [0.1, 0.15) is 0 Å². The Kier molecular flexibility index (Phi) is 2.61. The van der Waals surface area contributed by atoms with Crippen LogP contribution in [-0.4, -0.2) is 9.55 Å². The Morgan fingerprint density at radius 1 is 0.692 bits per heavy atom. The highest BCUT2D eigenvalue weighted by Gasteiger charge is 2.24. The number of aromatic nitrogens is 2. The number of hydrogen-bond donors (Lipinski definition) is 0. The maximum Gasteiger partial charge on any atom is 0.153 e. The monoisotopic (exact) mass is 334 g/mol. The smallest absolute Gasteiger partial charge is 0.153 e. The summed E-state index contributed by atoms with van der Waals surface area (Å²) in [6, 6.07) is 29.1. The molecule has 4 aromatic carbocycles. The zero-order valence-corrected chi connectivity index (χ0v) is 13.9. The SMILES string of the molecule is c1ccc2c(c1)Oc1cccc3nc(-c4ccc5ccccc5c4)n-2c13. The van der Waals surface area contributed by atoms with E-state index in [1.54, 1.807) is 0 Å². The van der Waals surface area contributed by atoms with Crippen molar-refractivity contribution < 1.29 is 4.74 Å². The number of imidazole rings is 1. The van der Waals surface area contributed by atoms with E-state index in [1.807, 2.05) is 36.4 Å². The van der Waals surface area contributed by atoms with Crippen molar-refractivity contribution in [1.29, 1.82) is 0 Å². The van der Waals surface area contributed by atoms with Gasteiger partial charge in [-0.25, -0.2) is 4.98 Å². The third-order valence-corrected chi connectivity index (χ3v) is 4.97. The van der Waals surface area contributed by atoms with Crippen molar-refractivity contribution in [1.82, 2.24) is 9.55 Å². The number of fused-ring (bicyclic) bond motifs is 3. The van der Waals surface area contributed by atoms with Crippen molar-refractivity contribution in [2.24, 2.45) is 0 Å². The zero-order valence-electron chi connectivity index (χ0n) is 13.9. The molecule has 0 saturated heterocycles. The highest BCUT2D eigenvalue weighted by molar-refractivity contribution is 5.92. The second-order valence-corrected chi connectivity index (χ2v) is 6.53. The molecule has 2 heterocycles. The maximum atomic E-state index is 6.11. The lowest BCUT2D eigenvalue weighted by atomic mass is 10.1. The summed E-state index contributed by atoms with van der Waals surface area (Å²) in [6.45, 7) is 0. The molecule has 0 spiro atoms. The third kappa shape index (κ3) is 1.80. The first-order valence-electron chi connectivity index (χ1n) is 8.66. The van der Waals surface area contributed by atoms with Gasteiger partial charge in [-0.3, -0.25) is 4.57 Å². The average Bonchev–Trinajstić information content (AvgIpc) is 3.09. The summed E-state index contributed by atoms with van der Waals surface area (Å²) in [7, 11) is 0. The highest BCUT2D eigenvalue weighted by atomic mass is 16.5. The second kappa shape index (κ2) is 4.96. The Hall–Kier alpha value is -3.59. The van der Waals surface area contributed by atoms with Gasteiger partial charge in [0.1, 0.15) is 11.3 Å². The Labute approximate surface area is 150 Å². The van der Waals surface area contributed by atoms with Crippen LogP contribution in [0.2, 0.25) is 0 Å². The summed E-state index contributed by atoms with van der Waals surface area (Å²) >= 11 is 0. The van der Waals surface area contributed by atoms with Crippen LogP contribution in [0.5, 0.6) is 11.5 Å². The van der Waals surface area contributed by atoms with E-state index in [2.05, 4.69) is 53.1 Å². The largest absolute Gasteiger partial charge is 0.453 e. The predicted molar refractivity (Wildman–Crippen MR) is 104 cm³/mol. The van der Waals surface area contributed by atoms with Crippen LogP contribution >= 0.6 is 0 Å². The molecular formula is C23H14N2O. The molecule has 1 aromatic heterocycles. The molecule has 1 aliphatic heterocycles. The molecular weight excluding hydrogens is 320 g/mol. The fourth-order valence-electron chi connectivity index (χ4n) is 3.78. The minimum absolute atomic E-state index is 0.848. The van der Waals surface area contributed by atoms with Crippen molar-refractivity contribution in [3.8, 4) is 28.6 Å². The molecule has 0 unspecified atom stereocenters. The molecule has 0 fully saturated rings. The summed E-state index contributed by atoms with van der Waals surface area (Å²) in [4.78, 5) is 4.94. The molecule has 0 radical (unpaired) electrons. The molecule has 5 aromatic rings. The topological polar surface area (TPSA) is 27.1 Å². The van der Waals surface area contributed by atoms with Crippen molar-refractivity contribution in [3.05, 3.63) is 84.9 Å². The average molecular weight is 334 g/mol. The van der Waals surface area contributed by atoms with Gasteiger partial charge in [0, 0.05) is 5.56 Å². The van der Waals surface area contributed by atoms with E-state index in [0.29, 0.717) is 0 Å². The van der Waals surface area contributed by atoms with Crippen molar-refractivity contribution >= 4 is 21.8 Å². The van der Waals surface area contributed by atoms with Crippen molar-refractivity contribution in [2.45, 2.75) is 0 Å². The summed E-state index contributed by atoms with van der Waals surface area (Å²) in [5.41, 5.74) is 4.09. The number of ether oxygens (including phenoxy) is 1. The Morgan fingerprint density at radius 3 is 2.46 bits per heavy atom. The van der Waals surface area contributed by atoms with Gasteiger partial charge in [0.25, 0.3) is 0 Å². The molecule has 3 heteroatoms. The fraction of sp³-hybridized carbons (Fsp3) is 0. The van der Waals surface area contributed by atoms with Gasteiger partial charge < -0.3 is 4.74 Å². The molecule has 1 aliphatic rings. The van der Waals surface area contributed by atoms with Crippen LogP contribution in [0, 0.1) is 0 Å². The Balaban J connectivity index is 1.72. The Morgan fingerprint density at radius 2 is 1.50 bits per heavy atom. The molecule has 0 aliphatic carbocycles. The van der Waals surface area contributed by atoms with E-state index < -0.39 is 0 Å². The predicted octanol–water partition coefficient (Wildman–Crippen LogP) is 5.95. The van der Waals surface area contributed by atoms with Crippen molar-refractivity contribution in [2.75, 3.05) is 0 Å². The number of rotatable bonds is 1. The van der Waals surface area contributed by atoms with Crippen molar-refractivity contribution in [3.63, 3.8) is 0 Å². The summed E-state index contributed by atoms with van der Waals surface area (Å²) in [6.07, 6.45) is 0. The lowest BCUT2D eigenvalue weighted by Gasteiger charge is -2.20. The molecule has 0 N–H and O–H groups in total. The van der Waals surface area contributed by atoms with Gasteiger partial charge in [-0.05, 0) is 41.1 Å². The molecule has 0 atom stereocenters. The minimum atomic E-state index is 0.848. The molecule has 0 bridgehead atoms. The first-order chi connectivity index (χ1) is 12.9. The third-order valence-electron chi connectivity index (χ3n) is 4.97. The highest BCUT2D eigenvalue weighted by Crippen LogP contribution is 2.43. The summed E-state index contributed by atoms with van der Waals surface area (Å²) in [5, 5.41) is 2.45. The van der Waals surface area contributed by atoms with Gasteiger partial charge in [0.05, 0.1) is 11.2 Å². The standard InChI is InChI=1S/C23H14N2O/c1-2-7-16-14-17(13-12-15(16)6-1)23-24-18-8-5-11-21-22(18)25(23)19-9-3-4-10-20(19)26-21/h1-14H. The van der Waals surface area contributed by atoms with Crippen LogP contribution in [-0.2, 0) is 0 Å². The van der Waals surface area contributed by atoms with Crippen LogP contribution in [0.15, 0.2) is 84.9 Å². The van der Waals surface area contributed by atoms with Crippen LogP contribution in [0.4, 0.5) is 0 Å². The number of hydrogen-bond acceptors (Lipinski definition) is 2. The van der Waals surface area contributed by atoms with Gasteiger partial charge >= 0.3 is 0 Å². The van der Waals surface area contributed by atoms with E-state index in [1.165, 1.54) is 10.8 Å². The van der Waals surface area contributed by atoms with E-state index in [-0.39, 0.29) is 0 Å². The zero-order chi connectivity index (χ0) is 17.1. The fourth-order valence-corrected chi connectivity index (χ4v) is 3.78. The summed E-state index contributed by atoms with van der Waals surface area (Å²) in [5.74, 6) is 2.64. The first-order valence-corrected chi connectivity index (χ1v) is 8.66. The number of nitrogens with zero attached hydrogens (tertiary/aromatic N) is 2. The molecule has 26 heavy (non-hydrogen) atoms.